The van der Waals surface area contributed by atoms with Gasteiger partial charge in [-0.2, -0.15) is 4.98 Å². The van der Waals surface area contributed by atoms with Crippen molar-refractivity contribution in [3.8, 4) is 0 Å². The van der Waals surface area contributed by atoms with E-state index in [0.29, 0.717) is 11.0 Å². The molecule has 4 heteroatoms. The Labute approximate surface area is 80.7 Å². The molecule has 1 heterocycles. The van der Waals surface area contributed by atoms with E-state index < -0.39 is 0 Å². The van der Waals surface area contributed by atoms with Crippen molar-refractivity contribution in [2.45, 2.75) is 6.92 Å². The Morgan fingerprint density at radius 3 is 2.92 bits per heavy atom. The highest BCUT2D eigenvalue weighted by atomic mass is 35.5. The second-order valence-corrected chi connectivity index (χ2v) is 3.25. The molecule has 0 bridgehead atoms. The van der Waals surface area contributed by atoms with E-state index >= 15 is 0 Å². The van der Waals surface area contributed by atoms with Crippen molar-refractivity contribution >= 4 is 28.7 Å². The molecule has 0 radical (unpaired) electrons. The number of anilines is 1. The van der Waals surface area contributed by atoms with Gasteiger partial charge in [0.05, 0.1) is 0 Å². The van der Waals surface area contributed by atoms with Crippen molar-refractivity contribution in [2.24, 2.45) is 0 Å². The summed E-state index contributed by atoms with van der Waals surface area (Å²) in [7, 11) is 1.76. The smallest absolute Gasteiger partial charge is 0.295 e. The first-order chi connectivity index (χ1) is 6.20. The van der Waals surface area contributed by atoms with Gasteiger partial charge in [-0.1, -0.05) is 11.6 Å². The number of aryl methyl sites for hydroxylation is 1. The number of oxazole rings is 1. The maximum absolute atomic E-state index is 5.94. The molecule has 0 aliphatic carbocycles. The highest BCUT2D eigenvalue weighted by Crippen LogP contribution is 2.25. The molecule has 68 valence electrons. The van der Waals surface area contributed by atoms with Crippen molar-refractivity contribution in [3.05, 3.63) is 22.7 Å². The Hall–Kier alpha value is -1.22. The maximum atomic E-state index is 5.94. The second-order valence-electron chi connectivity index (χ2n) is 2.84. The van der Waals surface area contributed by atoms with Gasteiger partial charge in [0.25, 0.3) is 6.01 Å². The van der Waals surface area contributed by atoms with E-state index in [0.717, 1.165) is 16.7 Å². The van der Waals surface area contributed by atoms with Gasteiger partial charge in [-0.25, -0.2) is 0 Å². The first-order valence-corrected chi connectivity index (χ1v) is 4.33. The molecule has 3 nitrogen and oxygen atoms in total. The highest BCUT2D eigenvalue weighted by molar-refractivity contribution is 6.32. The lowest BCUT2D eigenvalue weighted by molar-refractivity contribution is 0.620. The normalized spacial score (nSPS) is 10.7. The molecule has 0 aliphatic rings. The monoisotopic (exact) mass is 196 g/mol. The molecule has 0 aliphatic heterocycles. The fourth-order valence-corrected chi connectivity index (χ4v) is 1.31. The molecule has 1 aromatic heterocycles. The molecule has 1 N–H and O–H groups in total. The number of halogens is 1. The number of aromatic nitrogens is 1. The molecule has 0 unspecified atom stereocenters. The summed E-state index contributed by atoms with van der Waals surface area (Å²) < 4.78 is 5.37. The summed E-state index contributed by atoms with van der Waals surface area (Å²) in [6, 6.07) is 4.19. The topological polar surface area (TPSA) is 38.1 Å². The SMILES string of the molecule is CNc1nc2cc(Cl)c(C)cc2o1. The lowest BCUT2D eigenvalue weighted by atomic mass is 10.2. The van der Waals surface area contributed by atoms with E-state index in [1.807, 2.05) is 13.0 Å². The van der Waals surface area contributed by atoms with Crippen LogP contribution in [0.4, 0.5) is 6.01 Å². The van der Waals surface area contributed by atoms with E-state index in [1.165, 1.54) is 0 Å². The van der Waals surface area contributed by atoms with Crippen molar-refractivity contribution < 1.29 is 4.42 Å². The Balaban J connectivity index is 2.70. The van der Waals surface area contributed by atoms with Gasteiger partial charge in [-0.05, 0) is 24.6 Å². The number of nitrogens with one attached hydrogen (secondary N) is 1. The number of fused-ring (bicyclic) bond motifs is 1. The third-order valence-electron chi connectivity index (χ3n) is 1.88. The van der Waals surface area contributed by atoms with Crippen LogP contribution >= 0.6 is 11.6 Å². The number of rotatable bonds is 1. The van der Waals surface area contributed by atoms with Crippen LogP contribution in [0.25, 0.3) is 11.1 Å². The fraction of sp³-hybridized carbons (Fsp3) is 0.222. The van der Waals surface area contributed by atoms with Crippen molar-refractivity contribution in [1.29, 1.82) is 0 Å². The Morgan fingerprint density at radius 2 is 2.23 bits per heavy atom. The zero-order valence-corrected chi connectivity index (χ0v) is 8.14. The predicted octanol–water partition coefficient (Wildman–Crippen LogP) is 2.83. The summed E-state index contributed by atoms with van der Waals surface area (Å²) in [5.74, 6) is 0. The minimum atomic E-state index is 0.511. The molecule has 1 aromatic carbocycles. The summed E-state index contributed by atoms with van der Waals surface area (Å²) in [4.78, 5) is 4.17. The first kappa shape index (κ1) is 8.38. The number of nitrogens with zero attached hydrogens (tertiary/aromatic N) is 1. The molecule has 13 heavy (non-hydrogen) atoms. The number of hydrogen-bond donors (Lipinski definition) is 1. The van der Waals surface area contributed by atoms with Gasteiger partial charge in [0.15, 0.2) is 5.58 Å². The Morgan fingerprint density at radius 1 is 1.46 bits per heavy atom. The molecular weight excluding hydrogens is 188 g/mol. The molecular formula is C9H9ClN2O. The van der Waals surface area contributed by atoms with Crippen molar-refractivity contribution in [3.63, 3.8) is 0 Å². The summed E-state index contributed by atoms with van der Waals surface area (Å²) in [5, 5.41) is 3.55. The van der Waals surface area contributed by atoms with E-state index in [2.05, 4.69) is 10.3 Å². The van der Waals surface area contributed by atoms with E-state index in [1.54, 1.807) is 13.1 Å². The van der Waals surface area contributed by atoms with Crippen LogP contribution in [0.3, 0.4) is 0 Å². The third-order valence-corrected chi connectivity index (χ3v) is 2.29. The van der Waals surface area contributed by atoms with Crippen LogP contribution < -0.4 is 5.32 Å². The fourth-order valence-electron chi connectivity index (χ4n) is 1.16. The predicted molar refractivity (Wildman–Crippen MR) is 53.3 cm³/mol. The average molecular weight is 197 g/mol. The summed E-state index contributed by atoms with van der Waals surface area (Å²) >= 11 is 5.94. The standard InChI is InChI=1S/C9H9ClN2O/c1-5-3-8-7(4-6(5)10)12-9(11-2)13-8/h3-4H,1-2H3,(H,11,12). The van der Waals surface area contributed by atoms with Crippen LogP contribution in [0.1, 0.15) is 5.56 Å². The van der Waals surface area contributed by atoms with E-state index in [4.69, 9.17) is 16.0 Å². The number of benzene rings is 1. The molecule has 0 saturated carbocycles. The summed E-state index contributed by atoms with van der Waals surface area (Å²) in [6.45, 7) is 1.93. The van der Waals surface area contributed by atoms with Crippen LogP contribution in [0.15, 0.2) is 16.5 Å². The molecule has 0 saturated heterocycles. The molecule has 2 rings (SSSR count). The minimum absolute atomic E-state index is 0.511. The maximum Gasteiger partial charge on any atom is 0.295 e. The zero-order valence-electron chi connectivity index (χ0n) is 7.39. The van der Waals surface area contributed by atoms with Crippen LogP contribution in [-0.2, 0) is 0 Å². The van der Waals surface area contributed by atoms with Crippen LogP contribution in [-0.4, -0.2) is 12.0 Å². The van der Waals surface area contributed by atoms with Gasteiger partial charge < -0.3 is 9.73 Å². The third kappa shape index (κ3) is 1.35. The van der Waals surface area contributed by atoms with E-state index in [-0.39, 0.29) is 0 Å². The minimum Gasteiger partial charge on any atom is -0.424 e. The van der Waals surface area contributed by atoms with Gasteiger partial charge in [0.1, 0.15) is 5.52 Å². The molecule has 0 fully saturated rings. The van der Waals surface area contributed by atoms with Gasteiger partial charge in [0.2, 0.25) is 0 Å². The zero-order chi connectivity index (χ0) is 9.42. The quantitative estimate of drug-likeness (QED) is 0.762. The summed E-state index contributed by atoms with van der Waals surface area (Å²) in [5.41, 5.74) is 2.53. The van der Waals surface area contributed by atoms with Gasteiger partial charge in [-0.3, -0.25) is 0 Å². The molecule has 2 aromatic rings. The van der Waals surface area contributed by atoms with Gasteiger partial charge in [-0.15, -0.1) is 0 Å². The van der Waals surface area contributed by atoms with E-state index in [9.17, 15) is 0 Å². The first-order valence-electron chi connectivity index (χ1n) is 3.95. The van der Waals surface area contributed by atoms with Gasteiger partial charge in [0, 0.05) is 12.1 Å². The van der Waals surface area contributed by atoms with Crippen LogP contribution in [0.5, 0.6) is 0 Å². The van der Waals surface area contributed by atoms with Gasteiger partial charge >= 0.3 is 0 Å². The van der Waals surface area contributed by atoms with Crippen LogP contribution in [0, 0.1) is 6.92 Å². The largest absolute Gasteiger partial charge is 0.424 e. The number of hydrogen-bond acceptors (Lipinski definition) is 3. The average Bonchev–Trinajstić information content (AvgIpc) is 2.48. The summed E-state index contributed by atoms with van der Waals surface area (Å²) in [6.07, 6.45) is 0. The van der Waals surface area contributed by atoms with Crippen LogP contribution in [0.2, 0.25) is 5.02 Å². The lowest BCUT2D eigenvalue weighted by Gasteiger charge is -1.93. The molecule has 0 atom stereocenters. The second kappa shape index (κ2) is 2.92. The highest BCUT2D eigenvalue weighted by Gasteiger charge is 2.06. The van der Waals surface area contributed by atoms with Crippen molar-refractivity contribution in [2.75, 3.05) is 12.4 Å². The Kier molecular flexibility index (Phi) is 1.88. The molecule has 0 amide bonds. The lowest BCUT2D eigenvalue weighted by Crippen LogP contribution is -1.85. The molecule has 0 spiro atoms. The van der Waals surface area contributed by atoms with Crippen molar-refractivity contribution in [1.82, 2.24) is 4.98 Å². The Bertz CT molecular complexity index is 411.